The maximum atomic E-state index is 13.4. The summed E-state index contributed by atoms with van der Waals surface area (Å²) in [5.74, 6) is 0.208. The number of aromatic nitrogens is 2. The van der Waals surface area contributed by atoms with Crippen molar-refractivity contribution in [2.45, 2.75) is 0 Å². The standard InChI is InChI=1S/C23H14IN3O2/c24-14-10-11-20-18(12-14)23(29)27(15-6-2-1-3-7-15)21(25-20)13-17-16-8-4-5-9-19(16)26-22(17)28/h1-13H,(H,26,28)/b17-13-. The number of carbonyl (C=O) groups is 1. The number of carbonyl (C=O) groups excluding carboxylic acids is 1. The fraction of sp³-hybridized carbons (Fsp3) is 0. The number of hydrogen-bond acceptors (Lipinski definition) is 3. The third-order valence-corrected chi connectivity index (χ3v) is 5.53. The van der Waals surface area contributed by atoms with Crippen LogP contribution in [-0.2, 0) is 4.79 Å². The van der Waals surface area contributed by atoms with E-state index in [0.29, 0.717) is 28.0 Å². The highest BCUT2D eigenvalue weighted by atomic mass is 127. The maximum absolute atomic E-state index is 13.4. The highest BCUT2D eigenvalue weighted by molar-refractivity contribution is 14.1. The molecule has 0 radical (unpaired) electrons. The number of rotatable bonds is 2. The summed E-state index contributed by atoms with van der Waals surface area (Å²) in [5.41, 5.74) is 3.17. The van der Waals surface area contributed by atoms with Crippen LogP contribution in [0.15, 0.2) is 77.6 Å². The van der Waals surface area contributed by atoms with Crippen LogP contribution in [0.1, 0.15) is 11.4 Å². The average Bonchev–Trinajstić information content (AvgIpc) is 3.05. The molecule has 3 aromatic carbocycles. The van der Waals surface area contributed by atoms with Gasteiger partial charge in [-0.15, -0.1) is 0 Å². The summed E-state index contributed by atoms with van der Waals surface area (Å²) >= 11 is 2.18. The van der Waals surface area contributed by atoms with Crippen molar-refractivity contribution >= 4 is 56.7 Å². The molecule has 1 aliphatic rings. The second-order valence-electron chi connectivity index (χ2n) is 6.67. The minimum atomic E-state index is -0.206. The average molecular weight is 491 g/mol. The summed E-state index contributed by atoms with van der Waals surface area (Å²) in [6, 6.07) is 22.4. The SMILES string of the molecule is O=C1Nc2ccccc2/C1=C/c1nc2ccc(I)cc2c(=O)n1-c1ccccc1. The van der Waals surface area contributed by atoms with Crippen LogP contribution in [0.3, 0.4) is 0 Å². The summed E-state index contributed by atoms with van der Waals surface area (Å²) < 4.78 is 2.52. The lowest BCUT2D eigenvalue weighted by atomic mass is 10.1. The molecule has 0 atom stereocenters. The summed E-state index contributed by atoms with van der Waals surface area (Å²) in [4.78, 5) is 30.7. The molecular formula is C23H14IN3O2. The molecule has 0 saturated carbocycles. The molecule has 0 unspecified atom stereocenters. The summed E-state index contributed by atoms with van der Waals surface area (Å²) in [7, 11) is 0. The second-order valence-corrected chi connectivity index (χ2v) is 7.91. The van der Waals surface area contributed by atoms with E-state index in [1.54, 1.807) is 10.6 Å². The smallest absolute Gasteiger partial charge is 0.266 e. The van der Waals surface area contributed by atoms with Crippen LogP contribution in [0.4, 0.5) is 5.69 Å². The van der Waals surface area contributed by atoms with E-state index in [2.05, 4.69) is 27.9 Å². The van der Waals surface area contributed by atoms with Gasteiger partial charge in [0.25, 0.3) is 11.5 Å². The highest BCUT2D eigenvalue weighted by Crippen LogP contribution is 2.32. The lowest BCUT2D eigenvalue weighted by Crippen LogP contribution is -2.22. The number of nitrogens with zero attached hydrogens (tertiary/aromatic N) is 2. The summed E-state index contributed by atoms with van der Waals surface area (Å²) in [6.07, 6.45) is 1.69. The second kappa shape index (κ2) is 6.97. The number of amides is 1. The van der Waals surface area contributed by atoms with Gasteiger partial charge < -0.3 is 5.32 Å². The van der Waals surface area contributed by atoms with Crippen molar-refractivity contribution in [3.63, 3.8) is 0 Å². The van der Waals surface area contributed by atoms with Gasteiger partial charge in [0.2, 0.25) is 0 Å². The Balaban J connectivity index is 1.83. The molecule has 0 spiro atoms. The van der Waals surface area contributed by atoms with E-state index in [9.17, 15) is 9.59 Å². The lowest BCUT2D eigenvalue weighted by Gasteiger charge is -2.12. The largest absolute Gasteiger partial charge is 0.321 e. The molecule has 5 nitrogen and oxygen atoms in total. The molecular weight excluding hydrogens is 477 g/mol. The first-order valence-electron chi connectivity index (χ1n) is 9.02. The van der Waals surface area contributed by atoms with Gasteiger partial charge in [0.05, 0.1) is 22.2 Å². The van der Waals surface area contributed by atoms with Gasteiger partial charge in [-0.25, -0.2) is 4.98 Å². The number of anilines is 1. The van der Waals surface area contributed by atoms with E-state index in [1.165, 1.54) is 0 Å². The first-order valence-corrected chi connectivity index (χ1v) is 10.1. The molecule has 0 aliphatic carbocycles. The zero-order valence-corrected chi connectivity index (χ0v) is 17.3. The topological polar surface area (TPSA) is 64.0 Å². The molecule has 0 saturated heterocycles. The van der Waals surface area contributed by atoms with Crippen LogP contribution in [0, 0.1) is 3.57 Å². The predicted octanol–water partition coefficient (Wildman–Crippen LogP) is 4.48. The fourth-order valence-corrected chi connectivity index (χ4v) is 4.00. The van der Waals surface area contributed by atoms with Crippen LogP contribution in [0.5, 0.6) is 0 Å². The minimum absolute atomic E-state index is 0.168. The Morgan fingerprint density at radius 3 is 2.52 bits per heavy atom. The monoisotopic (exact) mass is 491 g/mol. The Hall–Kier alpha value is -3.26. The third-order valence-electron chi connectivity index (χ3n) is 4.85. The Labute approximate surface area is 179 Å². The van der Waals surface area contributed by atoms with Crippen molar-refractivity contribution < 1.29 is 4.79 Å². The van der Waals surface area contributed by atoms with Gasteiger partial charge in [0.1, 0.15) is 5.82 Å². The van der Waals surface area contributed by atoms with Crippen LogP contribution in [0.2, 0.25) is 0 Å². The molecule has 1 amide bonds. The van der Waals surface area contributed by atoms with Gasteiger partial charge >= 0.3 is 0 Å². The number of nitrogens with one attached hydrogen (secondary N) is 1. The van der Waals surface area contributed by atoms with Gasteiger partial charge in [-0.05, 0) is 65.1 Å². The third kappa shape index (κ3) is 3.05. The van der Waals surface area contributed by atoms with Gasteiger partial charge in [-0.3, -0.25) is 14.2 Å². The van der Waals surface area contributed by atoms with E-state index >= 15 is 0 Å². The minimum Gasteiger partial charge on any atom is -0.321 e. The van der Waals surface area contributed by atoms with Crippen LogP contribution in [-0.4, -0.2) is 15.5 Å². The normalized spacial score (nSPS) is 14.2. The quantitative estimate of drug-likeness (QED) is 0.332. The molecule has 5 rings (SSSR count). The van der Waals surface area contributed by atoms with E-state index in [-0.39, 0.29) is 11.5 Å². The first kappa shape index (κ1) is 17.8. The predicted molar refractivity (Wildman–Crippen MR) is 123 cm³/mol. The van der Waals surface area contributed by atoms with Crippen molar-refractivity contribution in [2.24, 2.45) is 0 Å². The van der Waals surface area contributed by atoms with Crippen molar-refractivity contribution in [3.8, 4) is 5.69 Å². The molecule has 0 bridgehead atoms. The molecule has 1 aromatic heterocycles. The summed E-state index contributed by atoms with van der Waals surface area (Å²) in [5, 5.41) is 3.40. The number of benzene rings is 3. The zero-order chi connectivity index (χ0) is 20.0. The van der Waals surface area contributed by atoms with Gasteiger partial charge in [0, 0.05) is 14.8 Å². The van der Waals surface area contributed by atoms with Crippen LogP contribution < -0.4 is 10.9 Å². The Morgan fingerprint density at radius 2 is 1.69 bits per heavy atom. The molecule has 1 aliphatic heterocycles. The maximum Gasteiger partial charge on any atom is 0.266 e. The number of fused-ring (bicyclic) bond motifs is 2. The number of para-hydroxylation sites is 2. The van der Waals surface area contributed by atoms with Crippen molar-refractivity contribution in [1.82, 2.24) is 9.55 Å². The van der Waals surface area contributed by atoms with Crippen molar-refractivity contribution in [3.05, 3.63) is 98.1 Å². The highest BCUT2D eigenvalue weighted by Gasteiger charge is 2.24. The Kier molecular flexibility index (Phi) is 4.28. The Bertz CT molecular complexity index is 1370. The molecule has 6 heteroatoms. The molecule has 2 heterocycles. The molecule has 29 heavy (non-hydrogen) atoms. The van der Waals surface area contributed by atoms with Gasteiger partial charge in [-0.2, -0.15) is 0 Å². The Morgan fingerprint density at radius 1 is 0.931 bits per heavy atom. The number of halogens is 1. The van der Waals surface area contributed by atoms with Crippen molar-refractivity contribution in [2.75, 3.05) is 5.32 Å². The molecule has 0 fully saturated rings. The molecule has 140 valence electrons. The molecule has 1 N–H and O–H groups in total. The van der Waals surface area contributed by atoms with E-state index in [4.69, 9.17) is 4.98 Å². The fourth-order valence-electron chi connectivity index (χ4n) is 3.51. The number of hydrogen-bond donors (Lipinski definition) is 1. The molecule has 4 aromatic rings. The van der Waals surface area contributed by atoms with Gasteiger partial charge in [-0.1, -0.05) is 36.4 Å². The van der Waals surface area contributed by atoms with E-state index < -0.39 is 0 Å². The lowest BCUT2D eigenvalue weighted by molar-refractivity contribution is -0.110. The van der Waals surface area contributed by atoms with E-state index in [1.807, 2.05) is 72.8 Å². The van der Waals surface area contributed by atoms with Crippen molar-refractivity contribution in [1.29, 1.82) is 0 Å². The van der Waals surface area contributed by atoms with E-state index in [0.717, 1.165) is 14.8 Å². The zero-order valence-electron chi connectivity index (χ0n) is 15.1. The van der Waals surface area contributed by atoms with Crippen LogP contribution in [0.25, 0.3) is 28.2 Å². The van der Waals surface area contributed by atoms with Crippen LogP contribution >= 0.6 is 22.6 Å². The first-order chi connectivity index (χ1) is 14.1. The summed E-state index contributed by atoms with van der Waals surface area (Å²) in [6.45, 7) is 0. The van der Waals surface area contributed by atoms with Gasteiger partial charge in [0.15, 0.2) is 0 Å².